The first-order chi connectivity index (χ1) is 24.3. The zero-order valence-corrected chi connectivity index (χ0v) is 28.0. The van der Waals surface area contributed by atoms with E-state index in [0.717, 1.165) is 0 Å². The van der Waals surface area contributed by atoms with Crippen LogP contribution in [0.2, 0.25) is 0 Å². The highest BCUT2D eigenvalue weighted by molar-refractivity contribution is 7.27. The average Bonchev–Trinajstić information content (AvgIpc) is 3.74. The Morgan fingerprint density at radius 3 is 1.78 bits per heavy atom. The molecule has 226 valence electrons. The van der Waals surface area contributed by atoms with Crippen LogP contribution in [0.25, 0.3) is 83.8 Å². The molecule has 0 spiro atoms. The fourth-order valence-electron chi connectivity index (χ4n) is 9.42. The zero-order valence-electron chi connectivity index (χ0n) is 26.3. The summed E-state index contributed by atoms with van der Waals surface area (Å²) in [5, 5.41) is 13.7. The molecular weight excluding hydrogens is 629 g/mol. The smallest absolute Gasteiger partial charge is 0.0714 e. The van der Waals surface area contributed by atoms with E-state index in [1.165, 1.54) is 106 Å². The molecule has 1 aliphatic rings. The van der Waals surface area contributed by atoms with Crippen molar-refractivity contribution >= 4 is 95.3 Å². The van der Waals surface area contributed by atoms with E-state index in [1.807, 2.05) is 22.7 Å². The minimum absolute atomic E-state index is 0.512. The Morgan fingerprint density at radius 2 is 1.00 bits per heavy atom. The minimum atomic E-state index is -0.512. The Kier molecular flexibility index (Phi) is 5.03. The highest BCUT2D eigenvalue weighted by Gasteiger charge is 2.45. The van der Waals surface area contributed by atoms with Gasteiger partial charge in [-0.15, -0.1) is 22.7 Å². The van der Waals surface area contributed by atoms with Crippen LogP contribution in [0.1, 0.15) is 22.3 Å². The van der Waals surface area contributed by atoms with Crippen LogP contribution >= 0.6 is 22.7 Å². The zero-order chi connectivity index (χ0) is 31.8. The lowest BCUT2D eigenvalue weighted by molar-refractivity contribution is 0.751. The van der Waals surface area contributed by atoms with Gasteiger partial charge in [0, 0.05) is 51.3 Å². The van der Waals surface area contributed by atoms with E-state index in [1.54, 1.807) is 0 Å². The molecule has 0 atom stereocenters. The van der Waals surface area contributed by atoms with Crippen molar-refractivity contribution in [3.63, 3.8) is 0 Å². The van der Waals surface area contributed by atoms with Crippen molar-refractivity contribution in [1.82, 2.24) is 0 Å². The molecule has 2 heteroatoms. The molecule has 0 radical (unpaired) electrons. The van der Waals surface area contributed by atoms with Crippen molar-refractivity contribution < 1.29 is 0 Å². The summed E-state index contributed by atoms with van der Waals surface area (Å²) >= 11 is 3.90. The van der Waals surface area contributed by atoms with Gasteiger partial charge in [0.05, 0.1) is 5.41 Å². The fraction of sp³-hybridized carbons (Fsp3) is 0.0213. The Hall–Kier alpha value is -5.54. The van der Waals surface area contributed by atoms with Crippen LogP contribution < -0.4 is 0 Å². The summed E-state index contributed by atoms with van der Waals surface area (Å²) in [5.41, 5.74) is 7.55. The molecule has 0 amide bonds. The normalized spacial score (nSPS) is 13.9. The van der Waals surface area contributed by atoms with Gasteiger partial charge in [-0.1, -0.05) is 133 Å². The maximum atomic E-state index is 2.61. The van der Waals surface area contributed by atoms with E-state index in [4.69, 9.17) is 0 Å². The summed E-state index contributed by atoms with van der Waals surface area (Å²) in [4.78, 5) is 0. The van der Waals surface area contributed by atoms with Gasteiger partial charge >= 0.3 is 0 Å². The first-order valence-electron chi connectivity index (χ1n) is 16.9. The van der Waals surface area contributed by atoms with Gasteiger partial charge in [0.25, 0.3) is 0 Å². The Bertz CT molecular complexity index is 3100. The van der Waals surface area contributed by atoms with Gasteiger partial charge in [0.15, 0.2) is 0 Å². The molecule has 0 saturated heterocycles. The highest BCUT2D eigenvalue weighted by atomic mass is 32.1. The van der Waals surface area contributed by atoms with Crippen LogP contribution in [0, 0.1) is 0 Å². The lowest BCUT2D eigenvalue weighted by Gasteiger charge is -2.42. The number of rotatable bonds is 2. The minimum Gasteiger partial charge on any atom is -0.135 e. The largest absolute Gasteiger partial charge is 0.135 e. The van der Waals surface area contributed by atoms with E-state index >= 15 is 0 Å². The van der Waals surface area contributed by atoms with E-state index in [2.05, 4.69) is 158 Å². The third-order valence-electron chi connectivity index (χ3n) is 11.3. The maximum Gasteiger partial charge on any atom is 0.0714 e. The second kappa shape index (κ2) is 9.33. The summed E-state index contributed by atoms with van der Waals surface area (Å²) in [6.07, 6.45) is 0. The van der Waals surface area contributed by atoms with Crippen molar-refractivity contribution in [2.24, 2.45) is 0 Å². The third kappa shape index (κ3) is 3.15. The summed E-state index contributed by atoms with van der Waals surface area (Å²) < 4.78 is 5.46. The predicted molar refractivity (Wildman–Crippen MR) is 213 cm³/mol. The van der Waals surface area contributed by atoms with E-state index in [0.29, 0.717) is 0 Å². The number of hydrogen-bond acceptors (Lipinski definition) is 2. The molecule has 0 aliphatic heterocycles. The van der Waals surface area contributed by atoms with Gasteiger partial charge in [0.2, 0.25) is 0 Å². The number of benzene rings is 9. The Balaban J connectivity index is 1.45. The van der Waals surface area contributed by atoms with Crippen molar-refractivity contribution in [2.75, 3.05) is 0 Å². The molecule has 12 rings (SSSR count). The molecule has 0 bridgehead atoms. The molecule has 0 N–H and O–H groups in total. The molecule has 0 nitrogen and oxygen atoms in total. The number of hydrogen-bond donors (Lipinski definition) is 0. The molecule has 9 aromatic carbocycles. The Morgan fingerprint density at radius 1 is 0.367 bits per heavy atom. The molecule has 2 heterocycles. The van der Waals surface area contributed by atoms with Crippen molar-refractivity contribution in [3.05, 3.63) is 180 Å². The lowest BCUT2D eigenvalue weighted by atomic mass is 9.59. The second-order valence-electron chi connectivity index (χ2n) is 13.5. The Labute approximate surface area is 290 Å². The average molecular weight is 655 g/mol. The first kappa shape index (κ1) is 26.4. The van der Waals surface area contributed by atoms with Gasteiger partial charge in [0.1, 0.15) is 0 Å². The standard InChI is InChI=1S/C47H26S2/c1-3-13-28(14-4-1)47(29-15-5-2-6-16-29)36-20-10-7-18-31(36)43-44-37(47)26-35-40-27(25-34-30-17-8-11-21-38(30)48-45(34)35)23-24-33(42(40)44)41-32-19-9-12-22-39(32)49-46(41)43/h1-26H. The number of fused-ring (bicyclic) bond motifs is 11. The van der Waals surface area contributed by atoms with Gasteiger partial charge in [-0.2, -0.15) is 0 Å². The molecule has 11 aromatic rings. The van der Waals surface area contributed by atoms with Crippen LogP contribution in [0.3, 0.4) is 0 Å². The van der Waals surface area contributed by atoms with Crippen LogP contribution in [0.5, 0.6) is 0 Å². The van der Waals surface area contributed by atoms with Gasteiger partial charge < -0.3 is 0 Å². The SMILES string of the molecule is c1ccc(C2(c3ccccc3)c3ccccc3-c3c4sc5ccccc5c4c4ccc5cc6c7ccccc7sc6c6cc2c3c4c56)cc1. The van der Waals surface area contributed by atoms with Crippen molar-refractivity contribution in [1.29, 1.82) is 0 Å². The lowest BCUT2D eigenvalue weighted by Crippen LogP contribution is -2.34. The van der Waals surface area contributed by atoms with Crippen LogP contribution in [0.4, 0.5) is 0 Å². The second-order valence-corrected chi connectivity index (χ2v) is 15.6. The summed E-state index contributed by atoms with van der Waals surface area (Å²) in [6, 6.07) is 59.7. The van der Waals surface area contributed by atoms with Crippen LogP contribution in [-0.2, 0) is 5.41 Å². The number of thiophene rings is 2. The van der Waals surface area contributed by atoms with Crippen molar-refractivity contribution in [3.8, 4) is 11.1 Å². The molecule has 2 aromatic heterocycles. The van der Waals surface area contributed by atoms with Crippen LogP contribution in [-0.4, -0.2) is 0 Å². The monoisotopic (exact) mass is 654 g/mol. The van der Waals surface area contributed by atoms with Crippen molar-refractivity contribution in [2.45, 2.75) is 5.41 Å². The van der Waals surface area contributed by atoms with E-state index in [-0.39, 0.29) is 0 Å². The predicted octanol–water partition coefficient (Wildman–Crippen LogP) is 13.7. The first-order valence-corrected chi connectivity index (χ1v) is 18.6. The molecule has 0 fully saturated rings. The van der Waals surface area contributed by atoms with E-state index in [9.17, 15) is 0 Å². The van der Waals surface area contributed by atoms with Gasteiger partial charge in [-0.25, -0.2) is 0 Å². The molecular formula is C47H26S2. The molecule has 1 aliphatic carbocycles. The third-order valence-corrected chi connectivity index (χ3v) is 13.7. The van der Waals surface area contributed by atoms with E-state index < -0.39 is 5.41 Å². The summed E-state index contributed by atoms with van der Waals surface area (Å²) in [7, 11) is 0. The summed E-state index contributed by atoms with van der Waals surface area (Å²) in [6.45, 7) is 0. The quantitative estimate of drug-likeness (QED) is 0.163. The summed E-state index contributed by atoms with van der Waals surface area (Å²) in [5.74, 6) is 0. The fourth-order valence-corrected chi connectivity index (χ4v) is 11.9. The molecule has 0 saturated carbocycles. The van der Waals surface area contributed by atoms with Gasteiger partial charge in [-0.3, -0.25) is 0 Å². The highest BCUT2D eigenvalue weighted by Crippen LogP contribution is 2.61. The molecule has 49 heavy (non-hydrogen) atoms. The topological polar surface area (TPSA) is 0 Å². The van der Waals surface area contributed by atoms with Gasteiger partial charge in [-0.05, 0) is 79.0 Å². The molecule has 0 unspecified atom stereocenters. The van der Waals surface area contributed by atoms with Crippen LogP contribution in [0.15, 0.2) is 158 Å². The maximum absolute atomic E-state index is 2.61.